The monoisotopic (exact) mass is 326 g/mol. The summed E-state index contributed by atoms with van der Waals surface area (Å²) in [5.74, 6) is -0.884. The van der Waals surface area contributed by atoms with Crippen molar-refractivity contribution in [1.29, 1.82) is 0 Å². The van der Waals surface area contributed by atoms with Crippen molar-refractivity contribution in [2.24, 2.45) is 5.41 Å². The van der Waals surface area contributed by atoms with E-state index in [0.29, 0.717) is 11.3 Å². The molecule has 24 heavy (non-hydrogen) atoms. The lowest BCUT2D eigenvalue weighted by Gasteiger charge is -2.31. The molecular weight excluding hydrogens is 304 g/mol. The number of carbonyl (C=O) groups excluding carboxylic acids is 2. The molecule has 0 atom stereocenters. The van der Waals surface area contributed by atoms with Gasteiger partial charge in [-0.1, -0.05) is 30.3 Å². The summed E-state index contributed by atoms with van der Waals surface area (Å²) in [6, 6.07) is 7.61. The molecule has 0 saturated carbocycles. The Morgan fingerprint density at radius 3 is 2.42 bits per heavy atom. The first-order valence-corrected chi connectivity index (χ1v) is 7.73. The first-order chi connectivity index (χ1) is 11.2. The number of carbonyl (C=O) groups is 2. The van der Waals surface area contributed by atoms with Gasteiger partial charge in [-0.3, -0.25) is 9.59 Å². The fourth-order valence-electron chi connectivity index (χ4n) is 2.95. The SMILES string of the molecule is COC1=C(C)C(O)=C(C(=O)/C=C/c2ccccc2C)C(=O)C1(C)C. The molecule has 0 aromatic heterocycles. The summed E-state index contributed by atoms with van der Waals surface area (Å²) in [6.45, 7) is 6.94. The quantitative estimate of drug-likeness (QED) is 0.673. The molecule has 0 bridgehead atoms. The van der Waals surface area contributed by atoms with E-state index in [1.54, 1.807) is 26.8 Å². The molecule has 0 radical (unpaired) electrons. The number of rotatable bonds is 4. The lowest BCUT2D eigenvalue weighted by atomic mass is 9.74. The van der Waals surface area contributed by atoms with Crippen LogP contribution in [0.3, 0.4) is 0 Å². The largest absolute Gasteiger partial charge is 0.507 e. The average Bonchev–Trinajstić information content (AvgIpc) is 2.53. The van der Waals surface area contributed by atoms with Crippen LogP contribution in [0.25, 0.3) is 6.08 Å². The number of hydrogen-bond acceptors (Lipinski definition) is 4. The van der Waals surface area contributed by atoms with Gasteiger partial charge in [0.15, 0.2) is 11.6 Å². The summed E-state index contributed by atoms with van der Waals surface area (Å²) in [7, 11) is 1.45. The second kappa shape index (κ2) is 6.48. The minimum atomic E-state index is -0.993. The zero-order valence-electron chi connectivity index (χ0n) is 14.6. The maximum Gasteiger partial charge on any atom is 0.193 e. The molecule has 0 heterocycles. The van der Waals surface area contributed by atoms with Crippen LogP contribution in [0.5, 0.6) is 0 Å². The number of Topliss-reactive ketones (excluding diaryl/α,β-unsaturated/α-hetero) is 1. The van der Waals surface area contributed by atoms with E-state index < -0.39 is 17.0 Å². The third-order valence-electron chi connectivity index (χ3n) is 4.35. The van der Waals surface area contributed by atoms with Gasteiger partial charge in [-0.05, 0) is 44.9 Å². The molecule has 0 unspecified atom stereocenters. The molecule has 1 aliphatic carbocycles. The van der Waals surface area contributed by atoms with Crippen molar-refractivity contribution < 1.29 is 19.4 Å². The van der Waals surface area contributed by atoms with Crippen molar-refractivity contribution in [3.05, 3.63) is 64.1 Å². The highest BCUT2D eigenvalue weighted by Gasteiger charge is 2.44. The van der Waals surface area contributed by atoms with E-state index >= 15 is 0 Å². The second-order valence-corrected chi connectivity index (χ2v) is 6.39. The molecule has 2 rings (SSSR count). The predicted molar refractivity (Wildman–Crippen MR) is 93.4 cm³/mol. The van der Waals surface area contributed by atoms with Crippen LogP contribution < -0.4 is 0 Å². The molecule has 0 amide bonds. The molecule has 1 aromatic rings. The highest BCUT2D eigenvalue weighted by Crippen LogP contribution is 2.40. The van der Waals surface area contributed by atoms with Gasteiger partial charge in [0.25, 0.3) is 0 Å². The summed E-state index contributed by atoms with van der Waals surface area (Å²) < 4.78 is 5.27. The minimum absolute atomic E-state index is 0.192. The number of ether oxygens (including phenoxy) is 1. The fourth-order valence-corrected chi connectivity index (χ4v) is 2.95. The first-order valence-electron chi connectivity index (χ1n) is 7.73. The van der Waals surface area contributed by atoms with E-state index in [0.717, 1.165) is 11.1 Å². The van der Waals surface area contributed by atoms with Crippen molar-refractivity contribution in [1.82, 2.24) is 0 Å². The molecule has 0 spiro atoms. The summed E-state index contributed by atoms with van der Waals surface area (Å²) in [6.07, 6.45) is 2.98. The summed E-state index contributed by atoms with van der Waals surface area (Å²) >= 11 is 0. The van der Waals surface area contributed by atoms with Crippen molar-refractivity contribution in [2.75, 3.05) is 7.11 Å². The van der Waals surface area contributed by atoms with Gasteiger partial charge < -0.3 is 9.84 Å². The lowest BCUT2D eigenvalue weighted by molar-refractivity contribution is -0.126. The Morgan fingerprint density at radius 1 is 1.21 bits per heavy atom. The van der Waals surface area contributed by atoms with Crippen LogP contribution in [0, 0.1) is 12.3 Å². The van der Waals surface area contributed by atoms with E-state index in [4.69, 9.17) is 4.74 Å². The summed E-state index contributed by atoms with van der Waals surface area (Å²) in [4.78, 5) is 25.2. The third-order valence-corrected chi connectivity index (χ3v) is 4.35. The Hall–Kier alpha value is -2.62. The van der Waals surface area contributed by atoms with Crippen molar-refractivity contribution >= 4 is 17.6 Å². The number of methoxy groups -OCH3 is 1. The Balaban J connectivity index is 2.45. The van der Waals surface area contributed by atoms with Gasteiger partial charge >= 0.3 is 0 Å². The van der Waals surface area contributed by atoms with Gasteiger partial charge in [0, 0.05) is 5.57 Å². The Kier molecular flexibility index (Phi) is 4.78. The Labute approximate surface area is 142 Å². The maximum atomic E-state index is 12.7. The van der Waals surface area contributed by atoms with Crippen molar-refractivity contribution in [3.63, 3.8) is 0 Å². The highest BCUT2D eigenvalue weighted by molar-refractivity contribution is 6.28. The van der Waals surface area contributed by atoms with E-state index in [9.17, 15) is 14.7 Å². The van der Waals surface area contributed by atoms with Gasteiger partial charge in [0.05, 0.1) is 12.5 Å². The topological polar surface area (TPSA) is 63.6 Å². The smallest absolute Gasteiger partial charge is 0.193 e. The first kappa shape index (κ1) is 17.7. The maximum absolute atomic E-state index is 12.7. The fraction of sp³-hybridized carbons (Fsp3) is 0.300. The van der Waals surface area contributed by atoms with Crippen molar-refractivity contribution in [2.45, 2.75) is 27.7 Å². The van der Waals surface area contributed by atoms with Gasteiger partial charge in [-0.25, -0.2) is 0 Å². The van der Waals surface area contributed by atoms with E-state index in [1.807, 2.05) is 31.2 Å². The van der Waals surface area contributed by atoms with Gasteiger partial charge in [0.2, 0.25) is 0 Å². The Bertz CT molecular complexity index is 792. The van der Waals surface area contributed by atoms with E-state index in [1.165, 1.54) is 13.2 Å². The number of hydrogen-bond donors (Lipinski definition) is 1. The van der Waals surface area contributed by atoms with Crippen LogP contribution in [0.15, 0.2) is 53.0 Å². The summed E-state index contributed by atoms with van der Waals surface area (Å²) in [5, 5.41) is 10.3. The normalized spacial score (nSPS) is 17.6. The molecule has 126 valence electrons. The highest BCUT2D eigenvalue weighted by atomic mass is 16.5. The zero-order valence-corrected chi connectivity index (χ0v) is 14.6. The second-order valence-electron chi connectivity index (χ2n) is 6.39. The molecule has 0 aliphatic heterocycles. The molecule has 1 N–H and O–H groups in total. The zero-order chi connectivity index (χ0) is 18.1. The van der Waals surface area contributed by atoms with E-state index in [2.05, 4.69) is 0 Å². The standard InChI is InChI=1S/C20H22O4/c1-12-8-6-7-9-14(12)10-11-15(21)16-17(22)13(2)19(24-5)20(3,4)18(16)23/h6-11,22H,1-5H3/b11-10+. The molecule has 4 nitrogen and oxygen atoms in total. The number of allylic oxidation sites excluding steroid dienone is 4. The third kappa shape index (κ3) is 2.92. The molecular formula is C20H22O4. The van der Waals surface area contributed by atoms with Crippen LogP contribution in [-0.2, 0) is 14.3 Å². The number of aliphatic hydroxyl groups excluding tert-OH is 1. The molecule has 0 saturated heterocycles. The average molecular weight is 326 g/mol. The number of aliphatic hydroxyl groups is 1. The number of ketones is 2. The van der Waals surface area contributed by atoms with Crippen LogP contribution in [0.4, 0.5) is 0 Å². The lowest BCUT2D eigenvalue weighted by Crippen LogP contribution is -2.36. The van der Waals surface area contributed by atoms with Crippen LogP contribution >= 0.6 is 0 Å². The minimum Gasteiger partial charge on any atom is -0.507 e. The van der Waals surface area contributed by atoms with Gasteiger partial charge in [-0.2, -0.15) is 0 Å². The predicted octanol–water partition coefficient (Wildman–Crippen LogP) is 3.92. The van der Waals surface area contributed by atoms with E-state index in [-0.39, 0.29) is 11.3 Å². The Morgan fingerprint density at radius 2 is 1.83 bits per heavy atom. The molecule has 0 fully saturated rings. The molecule has 1 aromatic carbocycles. The number of aryl methyl sites for hydroxylation is 1. The van der Waals surface area contributed by atoms with Crippen LogP contribution in [0.1, 0.15) is 31.9 Å². The molecule has 4 heteroatoms. The van der Waals surface area contributed by atoms with Crippen molar-refractivity contribution in [3.8, 4) is 0 Å². The van der Waals surface area contributed by atoms with Gasteiger partial charge in [0.1, 0.15) is 17.1 Å². The van der Waals surface area contributed by atoms with Gasteiger partial charge in [-0.15, -0.1) is 0 Å². The van der Waals surface area contributed by atoms with Crippen LogP contribution in [-0.4, -0.2) is 23.8 Å². The molecule has 1 aliphatic rings. The van der Waals surface area contributed by atoms with Crippen LogP contribution in [0.2, 0.25) is 0 Å². The number of benzene rings is 1. The summed E-state index contributed by atoms with van der Waals surface area (Å²) in [5.41, 5.74) is 1.14.